The van der Waals surface area contributed by atoms with Crippen LogP contribution in [0.3, 0.4) is 0 Å². The number of rotatable bonds is 2. The molecule has 0 spiro atoms. The molecule has 0 bridgehead atoms. The quantitative estimate of drug-likeness (QED) is 0.351. The van der Waals surface area contributed by atoms with Crippen molar-refractivity contribution >= 4 is 34.6 Å². The molecule has 6 atom stereocenters. The van der Waals surface area contributed by atoms with E-state index in [0.29, 0.717) is 0 Å². The van der Waals surface area contributed by atoms with Crippen LogP contribution in [0.1, 0.15) is 11.1 Å². The first kappa shape index (κ1) is 21.9. The van der Waals surface area contributed by atoms with Gasteiger partial charge in [-0.3, -0.25) is 24.1 Å². The lowest BCUT2D eigenvalue weighted by Gasteiger charge is -2.53. The van der Waals surface area contributed by atoms with Crippen molar-refractivity contribution in [1.29, 1.82) is 0 Å². The number of amides is 1. The van der Waals surface area contributed by atoms with Crippen molar-refractivity contribution in [2.75, 3.05) is 14.1 Å². The molecule has 1 aromatic carbocycles. The van der Waals surface area contributed by atoms with E-state index in [0.717, 1.165) is 0 Å². The van der Waals surface area contributed by atoms with Crippen molar-refractivity contribution in [3.8, 4) is 5.75 Å². The number of hydrogen-bond donors (Lipinski definition) is 5. The van der Waals surface area contributed by atoms with Crippen molar-refractivity contribution in [3.63, 3.8) is 0 Å². The zero-order chi connectivity index (χ0) is 23.9. The number of aromatic hydroxyl groups is 1. The minimum atomic E-state index is -3.01. The van der Waals surface area contributed by atoms with Gasteiger partial charge in [0.25, 0.3) is 0 Å². The van der Waals surface area contributed by atoms with Crippen molar-refractivity contribution in [3.05, 3.63) is 41.5 Å². The fourth-order valence-electron chi connectivity index (χ4n) is 5.35. The van der Waals surface area contributed by atoms with E-state index in [1.54, 1.807) is 0 Å². The normalized spacial score (nSPS) is 34.3. The molecule has 0 aromatic heterocycles. The van der Waals surface area contributed by atoms with Crippen LogP contribution in [0.25, 0.3) is 11.3 Å². The van der Waals surface area contributed by atoms with Gasteiger partial charge in [0.2, 0.25) is 11.7 Å². The summed E-state index contributed by atoms with van der Waals surface area (Å²) in [6.45, 7) is 3.90. The number of hydrogen-bond acceptors (Lipinski definition) is 9. The number of Topliss-reactive ketones (excluding diaryl/α,β-unsaturated/α-hetero) is 3. The summed E-state index contributed by atoms with van der Waals surface area (Å²) in [5.74, 6) is -11.1. The Balaban J connectivity index is 2.03. The maximum absolute atomic E-state index is 13.6. The van der Waals surface area contributed by atoms with Gasteiger partial charge in [-0.15, -0.1) is 0 Å². The van der Waals surface area contributed by atoms with E-state index >= 15 is 0 Å². The molecule has 3 aliphatic carbocycles. The number of primary amides is 1. The predicted molar refractivity (Wildman–Crippen MR) is 110 cm³/mol. The number of aliphatic hydroxyl groups is 3. The third kappa shape index (κ3) is 2.45. The van der Waals surface area contributed by atoms with Crippen LogP contribution >= 0.6 is 0 Å². The Morgan fingerprint density at radius 3 is 2.38 bits per heavy atom. The lowest BCUT2D eigenvalue weighted by atomic mass is 9.53. The zero-order valence-electron chi connectivity index (χ0n) is 17.3. The van der Waals surface area contributed by atoms with E-state index in [2.05, 4.69) is 6.58 Å². The van der Waals surface area contributed by atoms with Crippen LogP contribution in [0.15, 0.2) is 30.4 Å². The Morgan fingerprint density at radius 2 is 1.81 bits per heavy atom. The molecule has 0 heterocycles. The van der Waals surface area contributed by atoms with Gasteiger partial charge in [0.15, 0.2) is 23.1 Å². The lowest BCUT2D eigenvalue weighted by molar-refractivity contribution is -0.185. The number of carbonyl (C=O) groups excluding carboxylic acids is 4. The first-order chi connectivity index (χ1) is 14.9. The minimum Gasteiger partial charge on any atom is -0.507 e. The summed E-state index contributed by atoms with van der Waals surface area (Å²) in [5.41, 5.74) is 1.98. The molecule has 2 saturated carbocycles. The number of likely N-dealkylation sites (N-methyl/N-ethyl adjacent to an activating group) is 1. The molecule has 4 rings (SSSR count). The molecular formula is C22H22N2O8. The molecule has 0 aliphatic heterocycles. The smallest absolute Gasteiger partial charge is 0.235 e. The zero-order valence-corrected chi connectivity index (χ0v) is 17.3. The number of nitrogens with two attached hydrogens (primary N) is 1. The van der Waals surface area contributed by atoms with Gasteiger partial charge < -0.3 is 26.2 Å². The Morgan fingerprint density at radius 1 is 1.19 bits per heavy atom. The summed E-state index contributed by atoms with van der Waals surface area (Å²) in [5, 5.41) is 43.9. The van der Waals surface area contributed by atoms with Crippen LogP contribution in [0.4, 0.5) is 0 Å². The summed E-state index contributed by atoms with van der Waals surface area (Å²) >= 11 is 0. The van der Waals surface area contributed by atoms with Crippen LogP contribution in [0, 0.1) is 17.8 Å². The third-order valence-electron chi connectivity index (χ3n) is 6.74. The van der Waals surface area contributed by atoms with Gasteiger partial charge in [0.1, 0.15) is 11.5 Å². The van der Waals surface area contributed by atoms with Crippen molar-refractivity contribution in [2.24, 2.45) is 23.5 Å². The van der Waals surface area contributed by atoms with Gasteiger partial charge in [-0.25, -0.2) is 0 Å². The van der Waals surface area contributed by atoms with Gasteiger partial charge >= 0.3 is 0 Å². The van der Waals surface area contributed by atoms with E-state index < -0.39 is 70.1 Å². The largest absolute Gasteiger partial charge is 0.507 e. The highest BCUT2D eigenvalue weighted by Crippen LogP contribution is 2.54. The highest BCUT2D eigenvalue weighted by atomic mass is 16.3. The first-order valence-corrected chi connectivity index (χ1v) is 9.81. The molecule has 10 heteroatoms. The second-order valence-corrected chi connectivity index (χ2v) is 8.59. The standard InChI is InChI=1S/C22H22N2O8/c1-7-8-5-4-6-9(25)11(8)16(26)12-10(7)17(27)14-15(24(2)3)18(28)13(21(23)31)20(30)22(14,32)19(12)29/h4-6,10,13-15,17,25-27,32H,1H2,2-3H3,(H2,23,31). The molecule has 0 radical (unpaired) electrons. The third-order valence-corrected chi connectivity index (χ3v) is 6.74. The average Bonchev–Trinajstić information content (AvgIpc) is 2.70. The van der Waals surface area contributed by atoms with Gasteiger partial charge in [0.05, 0.1) is 29.2 Å². The van der Waals surface area contributed by atoms with Crippen molar-refractivity contribution in [2.45, 2.75) is 17.7 Å². The summed E-state index contributed by atoms with van der Waals surface area (Å²) in [7, 11) is 2.86. The Labute approximate surface area is 182 Å². The van der Waals surface area contributed by atoms with E-state index in [1.807, 2.05) is 0 Å². The fraction of sp³-hybridized carbons (Fsp3) is 0.364. The van der Waals surface area contributed by atoms with E-state index in [1.165, 1.54) is 37.2 Å². The lowest BCUT2D eigenvalue weighted by Crippen LogP contribution is -2.75. The monoisotopic (exact) mass is 442 g/mol. The molecule has 2 fully saturated rings. The molecule has 1 amide bonds. The number of ketones is 3. The number of phenols is 1. The van der Waals surface area contributed by atoms with Gasteiger partial charge in [0, 0.05) is 5.92 Å². The highest BCUT2D eigenvalue weighted by Gasteiger charge is 2.71. The Hall–Kier alpha value is -3.34. The number of phenolic OH excluding ortho intramolecular Hbond substituents is 1. The van der Waals surface area contributed by atoms with Crippen LogP contribution < -0.4 is 5.73 Å². The molecule has 6 N–H and O–H groups in total. The second-order valence-electron chi connectivity index (χ2n) is 8.59. The molecule has 6 unspecified atom stereocenters. The van der Waals surface area contributed by atoms with Crippen LogP contribution in [0.5, 0.6) is 5.75 Å². The SMILES string of the molecule is C=C1c2cccc(O)c2C(O)=C2C(=O)C3(O)C(=O)C(C(N)=O)C(=O)C(N(C)C)C3C(O)C12. The van der Waals surface area contributed by atoms with Gasteiger partial charge in [-0.05, 0) is 31.3 Å². The van der Waals surface area contributed by atoms with E-state index in [9.17, 15) is 39.6 Å². The summed E-state index contributed by atoms with van der Waals surface area (Å²) in [6.07, 6.45) is -1.72. The molecular weight excluding hydrogens is 420 g/mol. The van der Waals surface area contributed by atoms with Crippen LogP contribution in [-0.4, -0.2) is 80.4 Å². The predicted octanol–water partition coefficient (Wildman–Crippen LogP) is -1.22. The number of nitrogens with zero attached hydrogens (tertiary/aromatic N) is 1. The summed E-state index contributed by atoms with van der Waals surface area (Å²) < 4.78 is 0. The van der Waals surface area contributed by atoms with E-state index in [4.69, 9.17) is 5.73 Å². The molecule has 168 valence electrons. The van der Waals surface area contributed by atoms with Gasteiger partial charge in [-0.1, -0.05) is 18.7 Å². The molecule has 32 heavy (non-hydrogen) atoms. The van der Waals surface area contributed by atoms with Gasteiger partial charge in [-0.2, -0.15) is 0 Å². The maximum Gasteiger partial charge on any atom is 0.235 e. The topological polar surface area (TPSA) is 178 Å². The fourth-order valence-corrected chi connectivity index (χ4v) is 5.35. The van der Waals surface area contributed by atoms with Crippen LogP contribution in [-0.2, 0) is 19.2 Å². The van der Waals surface area contributed by atoms with Crippen molar-refractivity contribution < 1.29 is 39.6 Å². The number of fused-ring (bicyclic) bond motifs is 3. The molecule has 10 nitrogen and oxygen atoms in total. The number of aliphatic hydroxyl groups excluding tert-OH is 2. The van der Waals surface area contributed by atoms with Crippen LogP contribution in [0.2, 0.25) is 0 Å². The Bertz CT molecular complexity index is 1150. The average molecular weight is 442 g/mol. The highest BCUT2D eigenvalue weighted by molar-refractivity contribution is 6.33. The number of benzene rings is 1. The molecule has 1 aromatic rings. The summed E-state index contributed by atoms with van der Waals surface area (Å²) in [6, 6.07) is 2.86. The molecule has 0 saturated heterocycles. The number of carbonyl (C=O) groups is 4. The minimum absolute atomic E-state index is 0.138. The first-order valence-electron chi connectivity index (χ1n) is 9.81. The van der Waals surface area contributed by atoms with E-state index in [-0.39, 0.29) is 22.4 Å². The maximum atomic E-state index is 13.6. The van der Waals surface area contributed by atoms with Crippen molar-refractivity contribution in [1.82, 2.24) is 4.90 Å². The Kier molecular flexibility index (Phi) is 4.67. The molecule has 3 aliphatic rings. The summed E-state index contributed by atoms with van der Waals surface area (Å²) in [4.78, 5) is 52.9. The second kappa shape index (κ2) is 6.83.